The van der Waals surface area contributed by atoms with Crippen LogP contribution in [0.1, 0.15) is 10.4 Å². The van der Waals surface area contributed by atoms with Gasteiger partial charge in [0.25, 0.3) is 0 Å². The van der Waals surface area contributed by atoms with E-state index in [4.69, 9.17) is 5.11 Å². The maximum Gasteiger partial charge on any atom is 0.335 e. The van der Waals surface area contributed by atoms with Crippen LogP contribution in [0.3, 0.4) is 0 Å². The van der Waals surface area contributed by atoms with Crippen molar-refractivity contribution in [3.8, 4) is 17.1 Å². The average Bonchev–Trinajstić information content (AvgIpc) is 2.84. The third kappa shape index (κ3) is 1.91. The fourth-order valence-corrected chi connectivity index (χ4v) is 1.99. The number of phenols is 1. The Labute approximate surface area is 108 Å². The molecule has 1 aromatic carbocycles. The number of fused-ring (bicyclic) bond motifs is 1. The number of nitrogens with zero attached hydrogens (tertiary/aromatic N) is 1. The molecule has 0 aliphatic heterocycles. The zero-order chi connectivity index (χ0) is 13.4. The van der Waals surface area contributed by atoms with Crippen molar-refractivity contribution in [1.29, 1.82) is 0 Å². The minimum atomic E-state index is -0.998. The highest BCUT2D eigenvalue weighted by Gasteiger charge is 2.09. The summed E-state index contributed by atoms with van der Waals surface area (Å²) in [5, 5.41) is 19.5. The van der Waals surface area contributed by atoms with Gasteiger partial charge in [0.2, 0.25) is 0 Å². The van der Waals surface area contributed by atoms with E-state index >= 15 is 0 Å². The first-order valence-electron chi connectivity index (χ1n) is 5.65. The number of H-pyrrole nitrogens is 1. The lowest BCUT2D eigenvalue weighted by Crippen LogP contribution is -1.97. The largest absolute Gasteiger partial charge is 0.506 e. The predicted molar refractivity (Wildman–Crippen MR) is 70.2 cm³/mol. The Morgan fingerprint density at radius 1 is 1.21 bits per heavy atom. The molecule has 3 N–H and O–H groups in total. The molecule has 19 heavy (non-hydrogen) atoms. The summed E-state index contributed by atoms with van der Waals surface area (Å²) in [6.45, 7) is 0. The van der Waals surface area contributed by atoms with Crippen LogP contribution in [0.5, 0.6) is 5.75 Å². The van der Waals surface area contributed by atoms with Gasteiger partial charge in [0.05, 0.1) is 22.5 Å². The third-order valence-corrected chi connectivity index (χ3v) is 2.92. The lowest BCUT2D eigenvalue weighted by atomic mass is 10.2. The molecule has 3 rings (SSSR count). The average molecular weight is 254 g/mol. The van der Waals surface area contributed by atoms with Crippen molar-refractivity contribution >= 4 is 16.9 Å². The SMILES string of the molecule is O=C(O)c1ccnc(-c2cc3cccc(O)c3[nH]2)c1. The number of para-hydroxylation sites is 1. The molecule has 94 valence electrons. The molecule has 0 aliphatic rings. The number of carboxylic acids is 1. The minimum absolute atomic E-state index is 0.151. The van der Waals surface area contributed by atoms with Crippen LogP contribution in [0.15, 0.2) is 42.6 Å². The van der Waals surface area contributed by atoms with E-state index in [1.807, 2.05) is 12.1 Å². The summed E-state index contributed by atoms with van der Waals surface area (Å²) in [4.78, 5) is 18.1. The molecule has 0 amide bonds. The van der Waals surface area contributed by atoms with Gasteiger partial charge in [0.15, 0.2) is 0 Å². The first-order valence-corrected chi connectivity index (χ1v) is 5.65. The van der Waals surface area contributed by atoms with Crippen LogP contribution in [-0.2, 0) is 0 Å². The van der Waals surface area contributed by atoms with Crippen molar-refractivity contribution in [3.63, 3.8) is 0 Å². The molecule has 0 atom stereocenters. The molecular formula is C14H10N2O3. The first-order chi connectivity index (χ1) is 9.15. The molecule has 0 spiro atoms. The molecule has 5 heteroatoms. The lowest BCUT2D eigenvalue weighted by molar-refractivity contribution is 0.0697. The Balaban J connectivity index is 2.16. The zero-order valence-corrected chi connectivity index (χ0v) is 9.79. The summed E-state index contributed by atoms with van der Waals surface area (Å²) in [5.74, 6) is -0.847. The summed E-state index contributed by atoms with van der Waals surface area (Å²) >= 11 is 0. The Morgan fingerprint density at radius 3 is 2.79 bits per heavy atom. The number of aromatic hydroxyl groups is 1. The van der Waals surface area contributed by atoms with Gasteiger partial charge in [0.1, 0.15) is 5.75 Å². The van der Waals surface area contributed by atoms with Crippen LogP contribution < -0.4 is 0 Å². The smallest absolute Gasteiger partial charge is 0.335 e. The number of rotatable bonds is 2. The predicted octanol–water partition coefficient (Wildman–Crippen LogP) is 2.63. The van der Waals surface area contributed by atoms with Crippen molar-refractivity contribution in [2.24, 2.45) is 0 Å². The zero-order valence-electron chi connectivity index (χ0n) is 9.79. The Kier molecular flexibility index (Phi) is 2.45. The van der Waals surface area contributed by atoms with Crippen molar-refractivity contribution in [1.82, 2.24) is 9.97 Å². The van der Waals surface area contributed by atoms with Gasteiger partial charge in [-0.3, -0.25) is 4.98 Å². The van der Waals surface area contributed by atoms with Crippen LogP contribution in [0.2, 0.25) is 0 Å². The molecule has 0 unspecified atom stereocenters. The fraction of sp³-hybridized carbons (Fsp3) is 0. The van der Waals surface area contributed by atoms with E-state index in [1.165, 1.54) is 18.3 Å². The monoisotopic (exact) mass is 254 g/mol. The van der Waals surface area contributed by atoms with E-state index in [1.54, 1.807) is 12.1 Å². The van der Waals surface area contributed by atoms with Crippen molar-refractivity contribution in [2.45, 2.75) is 0 Å². The first kappa shape index (κ1) is 11.3. The summed E-state index contributed by atoms with van der Waals surface area (Å²) < 4.78 is 0. The normalized spacial score (nSPS) is 10.7. The van der Waals surface area contributed by atoms with Crippen molar-refractivity contribution in [3.05, 3.63) is 48.2 Å². The lowest BCUT2D eigenvalue weighted by Gasteiger charge is -1.98. The van der Waals surface area contributed by atoms with E-state index in [2.05, 4.69) is 9.97 Å². The highest BCUT2D eigenvalue weighted by atomic mass is 16.4. The summed E-state index contributed by atoms with van der Waals surface area (Å²) in [5.41, 5.74) is 1.98. The van der Waals surface area contributed by atoms with Gasteiger partial charge < -0.3 is 15.2 Å². The van der Waals surface area contributed by atoms with Gasteiger partial charge in [-0.05, 0) is 24.3 Å². The molecule has 0 radical (unpaired) electrons. The molecule has 0 saturated heterocycles. The number of aromatic nitrogens is 2. The van der Waals surface area contributed by atoms with Crippen LogP contribution in [0, 0.1) is 0 Å². The number of benzene rings is 1. The second-order valence-electron chi connectivity index (χ2n) is 4.16. The van der Waals surface area contributed by atoms with E-state index in [9.17, 15) is 9.90 Å². The van der Waals surface area contributed by atoms with Gasteiger partial charge in [-0.1, -0.05) is 12.1 Å². The van der Waals surface area contributed by atoms with E-state index in [-0.39, 0.29) is 11.3 Å². The van der Waals surface area contributed by atoms with Gasteiger partial charge >= 0.3 is 5.97 Å². The second-order valence-corrected chi connectivity index (χ2v) is 4.16. The maximum absolute atomic E-state index is 10.9. The number of nitrogens with one attached hydrogen (secondary N) is 1. The maximum atomic E-state index is 10.9. The summed E-state index contributed by atoms with van der Waals surface area (Å²) in [6.07, 6.45) is 1.45. The molecule has 3 aromatic rings. The number of aromatic amines is 1. The quantitative estimate of drug-likeness (QED) is 0.656. The number of phenolic OH excluding ortho intramolecular Hbond substituents is 1. The Bertz CT molecular complexity index is 777. The minimum Gasteiger partial charge on any atom is -0.506 e. The molecule has 2 heterocycles. The van der Waals surface area contributed by atoms with Crippen LogP contribution >= 0.6 is 0 Å². The number of carbonyl (C=O) groups is 1. The summed E-state index contributed by atoms with van der Waals surface area (Å²) in [6, 6.07) is 9.94. The van der Waals surface area contributed by atoms with E-state index in [0.29, 0.717) is 16.9 Å². The topological polar surface area (TPSA) is 86.2 Å². The van der Waals surface area contributed by atoms with Crippen LogP contribution in [-0.4, -0.2) is 26.2 Å². The third-order valence-electron chi connectivity index (χ3n) is 2.92. The molecular weight excluding hydrogens is 244 g/mol. The number of carboxylic acid groups (broad SMARTS) is 1. The molecule has 0 saturated carbocycles. The molecule has 0 fully saturated rings. The van der Waals surface area contributed by atoms with Crippen molar-refractivity contribution in [2.75, 3.05) is 0 Å². The van der Waals surface area contributed by atoms with Crippen LogP contribution in [0.25, 0.3) is 22.3 Å². The Hall–Kier alpha value is -2.82. The number of aromatic carboxylic acids is 1. The number of hydrogen-bond acceptors (Lipinski definition) is 3. The fourth-order valence-electron chi connectivity index (χ4n) is 1.99. The highest BCUT2D eigenvalue weighted by Crippen LogP contribution is 2.28. The van der Waals surface area contributed by atoms with Gasteiger partial charge in [-0.2, -0.15) is 0 Å². The molecule has 0 bridgehead atoms. The number of hydrogen-bond donors (Lipinski definition) is 3. The molecule has 0 aliphatic carbocycles. The van der Waals surface area contributed by atoms with Gasteiger partial charge in [-0.25, -0.2) is 4.79 Å². The van der Waals surface area contributed by atoms with Gasteiger partial charge in [-0.15, -0.1) is 0 Å². The standard InChI is InChI=1S/C14H10N2O3/c17-12-3-1-2-8-6-11(16-13(8)12)10-7-9(14(18)19)4-5-15-10/h1-7,16-17H,(H,18,19). The summed E-state index contributed by atoms with van der Waals surface area (Å²) in [7, 11) is 0. The van der Waals surface area contributed by atoms with Crippen LogP contribution in [0.4, 0.5) is 0 Å². The van der Waals surface area contributed by atoms with Gasteiger partial charge in [0, 0.05) is 11.6 Å². The van der Waals surface area contributed by atoms with E-state index in [0.717, 1.165) is 5.39 Å². The van der Waals surface area contributed by atoms with Crippen molar-refractivity contribution < 1.29 is 15.0 Å². The molecule has 2 aromatic heterocycles. The Morgan fingerprint density at radius 2 is 2.05 bits per heavy atom. The highest BCUT2D eigenvalue weighted by molar-refractivity contribution is 5.91. The second kappa shape index (κ2) is 4.13. The van der Waals surface area contributed by atoms with E-state index < -0.39 is 5.97 Å². The molecule has 5 nitrogen and oxygen atoms in total. The number of pyridine rings is 1.